The average Bonchev–Trinajstić information content (AvgIpc) is 0.980. The molecule has 0 aliphatic carbocycles. The summed E-state index contributed by atoms with van der Waals surface area (Å²) in [6.07, 6.45) is 59.8. The minimum atomic E-state index is -4.96. The Kier molecular flexibility index (Phi) is 69.3. The van der Waals surface area contributed by atoms with E-state index in [0.717, 1.165) is 115 Å². The van der Waals surface area contributed by atoms with E-state index in [0.29, 0.717) is 25.7 Å². The van der Waals surface area contributed by atoms with Crippen LogP contribution >= 0.6 is 15.6 Å². The molecule has 0 aliphatic heterocycles. The van der Waals surface area contributed by atoms with Crippen LogP contribution in [-0.4, -0.2) is 96.7 Å². The Balaban J connectivity index is 5.18. The Labute approximate surface area is 600 Å². The number of phosphoric ester groups is 2. The van der Waals surface area contributed by atoms with Crippen LogP contribution in [0.3, 0.4) is 0 Å². The molecule has 19 heteroatoms. The Bertz CT molecular complexity index is 1890. The lowest BCUT2D eigenvalue weighted by Crippen LogP contribution is -2.30. The Morgan fingerprint density at radius 1 is 0.276 bits per heavy atom. The Hall–Kier alpha value is -1.94. The van der Waals surface area contributed by atoms with Gasteiger partial charge in [0.2, 0.25) is 0 Å². The third-order valence-corrected chi connectivity index (χ3v) is 20.4. The fourth-order valence-corrected chi connectivity index (χ4v) is 13.8. The molecule has 0 fully saturated rings. The summed E-state index contributed by atoms with van der Waals surface area (Å²) in [4.78, 5) is 72.8. The second-order valence-corrected chi connectivity index (χ2v) is 32.3. The summed E-state index contributed by atoms with van der Waals surface area (Å²) in [5.74, 6) is -0.541. The summed E-state index contributed by atoms with van der Waals surface area (Å²) in [7, 11) is -9.91. The van der Waals surface area contributed by atoms with E-state index in [-0.39, 0.29) is 25.7 Å². The standard InChI is InChI=1S/C79H154O17P2/c1-7-9-11-13-15-16-17-18-19-20-21-25-28-33-38-44-50-56-62-77(82)90-68-75(96-78(83)63-57-51-45-39-34-29-26-23-22-24-27-31-36-42-47-53-59-71(3)4)70-94-98(87,88)92-66-73(80)65-91-97(85,86)93-69-74(67-89-76(81)61-55-49-41-14-12-10-8-2)95-79(84)64-58-52-46-40-35-30-32-37-43-48-54-60-72(5)6/h71-75,80H,7-70H2,1-6H3,(H,85,86)(H,87,88)/t73-,74+,75+/m0/s1. The monoisotopic (exact) mass is 1440 g/mol. The molecule has 98 heavy (non-hydrogen) atoms. The highest BCUT2D eigenvalue weighted by atomic mass is 31.2. The number of carbonyl (C=O) groups is 4. The first-order chi connectivity index (χ1) is 47.4. The van der Waals surface area contributed by atoms with Gasteiger partial charge in [-0.25, -0.2) is 9.13 Å². The Morgan fingerprint density at radius 2 is 0.469 bits per heavy atom. The van der Waals surface area contributed by atoms with Gasteiger partial charge in [-0.1, -0.05) is 363 Å². The van der Waals surface area contributed by atoms with Crippen LogP contribution in [0.15, 0.2) is 0 Å². The molecule has 0 bridgehead atoms. The van der Waals surface area contributed by atoms with Crippen molar-refractivity contribution in [2.45, 2.75) is 432 Å². The summed E-state index contributed by atoms with van der Waals surface area (Å²) < 4.78 is 68.5. The van der Waals surface area contributed by atoms with Crippen molar-refractivity contribution in [3.8, 4) is 0 Å². The molecular formula is C79H154O17P2. The highest BCUT2D eigenvalue weighted by Crippen LogP contribution is 2.45. The first kappa shape index (κ1) is 96.1. The molecule has 0 aromatic carbocycles. The normalized spacial score (nSPS) is 13.9. The molecule has 0 amide bonds. The zero-order valence-corrected chi connectivity index (χ0v) is 65.9. The highest BCUT2D eigenvalue weighted by molar-refractivity contribution is 7.47. The third-order valence-electron chi connectivity index (χ3n) is 18.5. The third kappa shape index (κ3) is 72.4. The van der Waals surface area contributed by atoms with Crippen molar-refractivity contribution < 1.29 is 80.2 Å². The smallest absolute Gasteiger partial charge is 0.462 e. The lowest BCUT2D eigenvalue weighted by Gasteiger charge is -2.21. The van der Waals surface area contributed by atoms with Crippen molar-refractivity contribution in [2.75, 3.05) is 39.6 Å². The average molecular weight is 1440 g/mol. The molecule has 0 spiro atoms. The number of phosphoric acid groups is 2. The van der Waals surface area contributed by atoms with Gasteiger partial charge < -0.3 is 33.8 Å². The molecule has 17 nitrogen and oxygen atoms in total. The molecule has 2 unspecified atom stereocenters. The number of aliphatic hydroxyl groups excluding tert-OH is 1. The molecule has 0 aliphatic rings. The number of hydrogen-bond acceptors (Lipinski definition) is 15. The van der Waals surface area contributed by atoms with Gasteiger partial charge in [-0.2, -0.15) is 0 Å². The molecule has 0 saturated heterocycles. The molecule has 0 aromatic heterocycles. The van der Waals surface area contributed by atoms with Crippen LogP contribution in [-0.2, 0) is 65.4 Å². The summed E-state index contributed by atoms with van der Waals surface area (Å²) in [6, 6.07) is 0. The van der Waals surface area contributed by atoms with Gasteiger partial charge in [-0.05, 0) is 37.5 Å². The summed E-state index contributed by atoms with van der Waals surface area (Å²) in [5.41, 5.74) is 0. The maximum atomic E-state index is 13.1. The van der Waals surface area contributed by atoms with E-state index in [9.17, 15) is 43.2 Å². The largest absolute Gasteiger partial charge is 0.472 e. The SMILES string of the molecule is CCCCCCCCCCCCCCCCCCCCC(=O)OC[C@H](COP(=O)(O)OC[C@@H](O)COP(=O)(O)OC[C@@H](COC(=O)CCCCCCCCC)OC(=O)CCCCCCCCCCCCCC(C)C)OC(=O)CCCCCCCCCCCCCCCCCCC(C)C. The maximum Gasteiger partial charge on any atom is 0.472 e. The highest BCUT2D eigenvalue weighted by Gasteiger charge is 2.30. The van der Waals surface area contributed by atoms with Crippen LogP contribution in [0, 0.1) is 11.8 Å². The molecule has 0 radical (unpaired) electrons. The van der Waals surface area contributed by atoms with Crippen LogP contribution in [0.2, 0.25) is 0 Å². The van der Waals surface area contributed by atoms with Crippen molar-refractivity contribution in [1.29, 1.82) is 0 Å². The zero-order valence-electron chi connectivity index (χ0n) is 64.1. The second-order valence-electron chi connectivity index (χ2n) is 29.4. The van der Waals surface area contributed by atoms with E-state index in [2.05, 4.69) is 41.5 Å². The van der Waals surface area contributed by atoms with Gasteiger partial charge in [-0.3, -0.25) is 37.3 Å². The van der Waals surface area contributed by atoms with Crippen LogP contribution in [0.25, 0.3) is 0 Å². The molecule has 0 rings (SSSR count). The van der Waals surface area contributed by atoms with Gasteiger partial charge in [0.1, 0.15) is 19.3 Å². The zero-order chi connectivity index (χ0) is 72.1. The number of rotatable bonds is 78. The van der Waals surface area contributed by atoms with Gasteiger partial charge in [-0.15, -0.1) is 0 Å². The van der Waals surface area contributed by atoms with Crippen LogP contribution in [0.5, 0.6) is 0 Å². The van der Waals surface area contributed by atoms with Crippen LogP contribution < -0.4 is 0 Å². The topological polar surface area (TPSA) is 237 Å². The van der Waals surface area contributed by atoms with Gasteiger partial charge in [0.05, 0.1) is 26.4 Å². The minimum absolute atomic E-state index is 0.106. The Morgan fingerprint density at radius 3 is 0.694 bits per heavy atom. The lowest BCUT2D eigenvalue weighted by atomic mass is 10.0. The van der Waals surface area contributed by atoms with Crippen molar-refractivity contribution in [1.82, 2.24) is 0 Å². The number of aliphatic hydroxyl groups is 1. The number of ether oxygens (including phenoxy) is 4. The maximum absolute atomic E-state index is 13.1. The minimum Gasteiger partial charge on any atom is -0.462 e. The fourth-order valence-electron chi connectivity index (χ4n) is 12.2. The van der Waals surface area contributed by atoms with Crippen LogP contribution in [0.4, 0.5) is 0 Å². The van der Waals surface area contributed by atoms with Crippen molar-refractivity contribution in [3.05, 3.63) is 0 Å². The molecule has 0 saturated carbocycles. The van der Waals surface area contributed by atoms with Gasteiger partial charge in [0.15, 0.2) is 12.2 Å². The number of hydrogen-bond donors (Lipinski definition) is 3. The van der Waals surface area contributed by atoms with Gasteiger partial charge >= 0.3 is 39.5 Å². The van der Waals surface area contributed by atoms with E-state index in [1.54, 1.807) is 0 Å². The van der Waals surface area contributed by atoms with Gasteiger partial charge in [0, 0.05) is 25.7 Å². The number of esters is 4. The first-order valence-electron chi connectivity index (χ1n) is 41.0. The van der Waals surface area contributed by atoms with E-state index in [4.69, 9.17) is 37.0 Å². The van der Waals surface area contributed by atoms with Crippen molar-refractivity contribution in [2.24, 2.45) is 11.8 Å². The lowest BCUT2D eigenvalue weighted by molar-refractivity contribution is -0.161. The van der Waals surface area contributed by atoms with Crippen molar-refractivity contribution >= 4 is 39.5 Å². The molecule has 582 valence electrons. The van der Waals surface area contributed by atoms with E-state index in [1.165, 1.54) is 218 Å². The summed E-state index contributed by atoms with van der Waals surface area (Å²) in [5, 5.41) is 10.6. The summed E-state index contributed by atoms with van der Waals surface area (Å²) in [6.45, 7) is 9.61. The molecule has 0 heterocycles. The molecule has 0 aromatic rings. The van der Waals surface area contributed by atoms with E-state index < -0.39 is 97.5 Å². The molecule has 3 N–H and O–H groups in total. The van der Waals surface area contributed by atoms with E-state index >= 15 is 0 Å². The van der Waals surface area contributed by atoms with Crippen molar-refractivity contribution in [3.63, 3.8) is 0 Å². The van der Waals surface area contributed by atoms with Gasteiger partial charge in [0.25, 0.3) is 0 Å². The van der Waals surface area contributed by atoms with Crippen LogP contribution in [0.1, 0.15) is 414 Å². The molecular weight excluding hydrogens is 1280 g/mol. The fraction of sp³-hybridized carbons (Fsp3) is 0.949. The predicted octanol–water partition coefficient (Wildman–Crippen LogP) is 23.5. The predicted molar refractivity (Wildman–Crippen MR) is 400 cm³/mol. The number of carbonyl (C=O) groups excluding carboxylic acids is 4. The molecule has 5 atom stereocenters. The number of unbranched alkanes of at least 4 members (excludes halogenated alkanes) is 48. The van der Waals surface area contributed by atoms with E-state index in [1.807, 2.05) is 0 Å². The first-order valence-corrected chi connectivity index (χ1v) is 44.0. The summed E-state index contributed by atoms with van der Waals surface area (Å²) >= 11 is 0. The second kappa shape index (κ2) is 70.7. The quantitative estimate of drug-likeness (QED) is 0.0222.